The maximum Gasteiger partial charge on any atom is 0.222 e. The third-order valence-electron chi connectivity index (χ3n) is 8.72. The first-order valence-electron chi connectivity index (χ1n) is 13.2. The van der Waals surface area contributed by atoms with Gasteiger partial charge in [0, 0.05) is 63.8 Å². The van der Waals surface area contributed by atoms with Gasteiger partial charge in [0.15, 0.2) is 0 Å². The highest BCUT2D eigenvalue weighted by Gasteiger charge is 2.48. The van der Waals surface area contributed by atoms with Crippen LogP contribution in [0.25, 0.3) is 0 Å². The highest BCUT2D eigenvalue weighted by molar-refractivity contribution is 5.76. The number of piperidine rings is 3. The van der Waals surface area contributed by atoms with Crippen LogP contribution in [0.3, 0.4) is 0 Å². The molecule has 4 fully saturated rings. The molecule has 4 aliphatic heterocycles. The molecule has 0 aliphatic carbocycles. The molecule has 0 saturated carbocycles. The van der Waals surface area contributed by atoms with Crippen LogP contribution < -0.4 is 4.90 Å². The summed E-state index contributed by atoms with van der Waals surface area (Å²) in [6.45, 7) is 8.54. The van der Waals surface area contributed by atoms with Crippen molar-refractivity contribution in [3.05, 3.63) is 30.3 Å². The fourth-order valence-corrected chi connectivity index (χ4v) is 7.20. The number of nitrogens with zero attached hydrogens (tertiary/aromatic N) is 4. The lowest BCUT2D eigenvalue weighted by Crippen LogP contribution is -2.65. The lowest BCUT2D eigenvalue weighted by atomic mass is 9.69. The highest BCUT2D eigenvalue weighted by atomic mass is 16.2. The number of amides is 2. The molecule has 2 amide bonds. The predicted molar refractivity (Wildman–Crippen MR) is 131 cm³/mol. The third kappa shape index (κ3) is 4.77. The number of piperazine rings is 1. The van der Waals surface area contributed by atoms with Crippen LogP contribution in [0.1, 0.15) is 51.9 Å². The summed E-state index contributed by atoms with van der Waals surface area (Å²) < 4.78 is 0. The van der Waals surface area contributed by atoms with E-state index in [1.165, 1.54) is 44.5 Å². The van der Waals surface area contributed by atoms with Crippen molar-refractivity contribution in [3.63, 3.8) is 0 Å². The van der Waals surface area contributed by atoms with E-state index >= 15 is 0 Å². The Morgan fingerprint density at radius 1 is 0.939 bits per heavy atom. The second-order valence-electron chi connectivity index (χ2n) is 10.6. The van der Waals surface area contributed by atoms with E-state index in [4.69, 9.17) is 0 Å². The average Bonchev–Trinajstić information content (AvgIpc) is 2.86. The number of carbonyl (C=O) groups excluding carboxylic acids is 2. The fourth-order valence-electron chi connectivity index (χ4n) is 7.20. The molecule has 4 atom stereocenters. The van der Waals surface area contributed by atoms with Gasteiger partial charge in [0.25, 0.3) is 0 Å². The topological polar surface area (TPSA) is 47.1 Å². The smallest absolute Gasteiger partial charge is 0.222 e. The first kappa shape index (κ1) is 22.7. The number of para-hydroxylation sites is 1. The maximum atomic E-state index is 13.0. The zero-order valence-corrected chi connectivity index (χ0v) is 20.2. The van der Waals surface area contributed by atoms with E-state index in [0.29, 0.717) is 30.3 Å². The molecule has 0 spiro atoms. The second-order valence-corrected chi connectivity index (χ2v) is 10.6. The van der Waals surface area contributed by atoms with Crippen molar-refractivity contribution in [2.45, 2.75) is 64.0 Å². The van der Waals surface area contributed by atoms with Crippen LogP contribution in [0.5, 0.6) is 0 Å². The third-order valence-corrected chi connectivity index (χ3v) is 8.72. The summed E-state index contributed by atoms with van der Waals surface area (Å²) in [6, 6.07) is 11.5. The van der Waals surface area contributed by atoms with Gasteiger partial charge >= 0.3 is 0 Å². The SMILES string of the molecule is CC(=O)N1C[C@@H]2CCCN3CCC[C@@H]([C@H]23)[C@H]1CCCC(=O)N1CCN(c2ccccc2)CC1. The molecule has 5 rings (SSSR count). The van der Waals surface area contributed by atoms with Crippen LogP contribution in [-0.2, 0) is 9.59 Å². The standard InChI is InChI=1S/C27H40N4O2/c1-21(32)31-20-22-8-6-14-30-15-7-11-24(27(22)30)25(31)12-5-13-26(33)29-18-16-28(17-19-29)23-9-3-2-4-10-23/h2-4,9-10,22,24-25,27H,5-8,11-20H2,1H3/t22-,24+,25+,27-/m0/s1. The summed E-state index contributed by atoms with van der Waals surface area (Å²) in [5, 5.41) is 0. The molecule has 1 aromatic carbocycles. The maximum absolute atomic E-state index is 13.0. The minimum absolute atomic E-state index is 0.226. The molecule has 0 aromatic heterocycles. The Hall–Kier alpha value is -2.08. The summed E-state index contributed by atoms with van der Waals surface area (Å²) in [5.41, 5.74) is 1.24. The molecule has 4 heterocycles. The van der Waals surface area contributed by atoms with Crippen molar-refractivity contribution < 1.29 is 9.59 Å². The van der Waals surface area contributed by atoms with E-state index in [2.05, 4.69) is 39.0 Å². The Bertz CT molecular complexity index is 821. The number of anilines is 1. The Morgan fingerprint density at radius 3 is 2.39 bits per heavy atom. The molecule has 33 heavy (non-hydrogen) atoms. The number of benzene rings is 1. The van der Waals surface area contributed by atoms with Gasteiger partial charge in [-0.3, -0.25) is 14.5 Å². The Kier molecular flexibility index (Phi) is 6.91. The normalized spacial score (nSPS) is 30.2. The molecule has 6 nitrogen and oxygen atoms in total. The Labute approximate surface area is 198 Å². The fraction of sp³-hybridized carbons (Fsp3) is 0.704. The van der Waals surface area contributed by atoms with Gasteiger partial charge in [-0.15, -0.1) is 0 Å². The molecule has 4 saturated heterocycles. The van der Waals surface area contributed by atoms with Crippen molar-refractivity contribution in [3.8, 4) is 0 Å². The number of hydrogen-bond donors (Lipinski definition) is 0. The minimum atomic E-state index is 0.226. The molecule has 1 aromatic rings. The van der Waals surface area contributed by atoms with Crippen molar-refractivity contribution >= 4 is 17.5 Å². The van der Waals surface area contributed by atoms with Gasteiger partial charge < -0.3 is 14.7 Å². The van der Waals surface area contributed by atoms with Crippen LogP contribution in [-0.4, -0.2) is 84.4 Å². The lowest BCUT2D eigenvalue weighted by Gasteiger charge is -2.57. The van der Waals surface area contributed by atoms with Crippen LogP contribution in [0.15, 0.2) is 30.3 Å². The molecule has 0 bridgehead atoms. The van der Waals surface area contributed by atoms with Gasteiger partial charge in [-0.25, -0.2) is 0 Å². The Balaban J connectivity index is 1.15. The van der Waals surface area contributed by atoms with E-state index < -0.39 is 0 Å². The van der Waals surface area contributed by atoms with E-state index in [1.54, 1.807) is 6.92 Å². The molecule has 0 N–H and O–H groups in total. The Morgan fingerprint density at radius 2 is 1.67 bits per heavy atom. The predicted octanol–water partition coefficient (Wildman–Crippen LogP) is 3.23. The second kappa shape index (κ2) is 10.0. The van der Waals surface area contributed by atoms with Crippen molar-refractivity contribution in [1.29, 1.82) is 0 Å². The monoisotopic (exact) mass is 452 g/mol. The van der Waals surface area contributed by atoms with E-state index in [9.17, 15) is 9.59 Å². The molecule has 6 heteroatoms. The number of rotatable bonds is 5. The summed E-state index contributed by atoms with van der Waals surface area (Å²) in [6.07, 6.45) is 7.50. The summed E-state index contributed by atoms with van der Waals surface area (Å²) in [5.74, 6) is 1.75. The van der Waals surface area contributed by atoms with Crippen LogP contribution in [0, 0.1) is 11.8 Å². The summed E-state index contributed by atoms with van der Waals surface area (Å²) in [7, 11) is 0. The van der Waals surface area contributed by atoms with Crippen LogP contribution in [0.4, 0.5) is 5.69 Å². The first-order valence-corrected chi connectivity index (χ1v) is 13.2. The van der Waals surface area contributed by atoms with Gasteiger partial charge in [0.2, 0.25) is 11.8 Å². The largest absolute Gasteiger partial charge is 0.368 e. The number of hydrogen-bond acceptors (Lipinski definition) is 4. The van der Waals surface area contributed by atoms with Gasteiger partial charge in [-0.1, -0.05) is 18.2 Å². The molecular formula is C27H40N4O2. The van der Waals surface area contributed by atoms with Crippen molar-refractivity contribution in [2.24, 2.45) is 11.8 Å². The lowest BCUT2D eigenvalue weighted by molar-refractivity contribution is -0.144. The average molecular weight is 453 g/mol. The van der Waals surface area contributed by atoms with E-state index in [1.807, 2.05) is 11.0 Å². The number of likely N-dealkylation sites (tertiary alicyclic amines) is 1. The van der Waals surface area contributed by atoms with Gasteiger partial charge in [-0.05, 0) is 75.6 Å². The molecule has 0 radical (unpaired) electrons. The molecule has 4 aliphatic rings. The zero-order valence-electron chi connectivity index (χ0n) is 20.2. The van der Waals surface area contributed by atoms with Gasteiger partial charge in [0.05, 0.1) is 0 Å². The van der Waals surface area contributed by atoms with Crippen molar-refractivity contribution in [2.75, 3.05) is 50.7 Å². The zero-order chi connectivity index (χ0) is 22.8. The summed E-state index contributed by atoms with van der Waals surface area (Å²) in [4.78, 5) is 34.9. The van der Waals surface area contributed by atoms with E-state index in [0.717, 1.165) is 45.6 Å². The molecular weight excluding hydrogens is 412 g/mol. The van der Waals surface area contributed by atoms with Crippen LogP contribution in [0.2, 0.25) is 0 Å². The molecule has 180 valence electrons. The van der Waals surface area contributed by atoms with Crippen molar-refractivity contribution in [1.82, 2.24) is 14.7 Å². The first-order chi connectivity index (χ1) is 16.1. The highest BCUT2D eigenvalue weighted by Crippen LogP contribution is 2.43. The van der Waals surface area contributed by atoms with Crippen LogP contribution >= 0.6 is 0 Å². The van der Waals surface area contributed by atoms with Gasteiger partial charge in [0.1, 0.15) is 0 Å². The quantitative estimate of drug-likeness (QED) is 0.688. The molecule has 0 unspecified atom stereocenters. The van der Waals surface area contributed by atoms with E-state index in [-0.39, 0.29) is 11.8 Å². The summed E-state index contributed by atoms with van der Waals surface area (Å²) >= 11 is 0. The van der Waals surface area contributed by atoms with Gasteiger partial charge in [-0.2, -0.15) is 0 Å². The number of carbonyl (C=O) groups is 2. The minimum Gasteiger partial charge on any atom is -0.368 e.